The molecule has 0 saturated heterocycles. The van der Waals surface area contributed by atoms with Crippen molar-refractivity contribution in [3.8, 4) is 5.95 Å². The molecule has 0 aliphatic carbocycles. The maximum absolute atomic E-state index is 5.69. The first-order valence-corrected chi connectivity index (χ1v) is 7.02. The maximum atomic E-state index is 5.69. The van der Waals surface area contributed by atoms with Crippen molar-refractivity contribution in [2.75, 3.05) is 24.2 Å². The van der Waals surface area contributed by atoms with Crippen molar-refractivity contribution in [2.45, 2.75) is 32.8 Å². The lowest BCUT2D eigenvalue weighted by atomic mass is 10.3. The topological polar surface area (TPSA) is 104 Å². The first-order chi connectivity index (χ1) is 10.1. The van der Waals surface area contributed by atoms with Crippen LogP contribution in [0.5, 0.6) is 0 Å². The van der Waals surface area contributed by atoms with Gasteiger partial charge in [-0.05, 0) is 32.8 Å². The number of rotatable bonds is 8. The molecule has 8 nitrogen and oxygen atoms in total. The van der Waals surface area contributed by atoms with Crippen LogP contribution in [0.25, 0.3) is 5.95 Å². The van der Waals surface area contributed by atoms with Crippen LogP contribution in [0.2, 0.25) is 0 Å². The smallest absolute Gasteiger partial charge is 0.257 e. The van der Waals surface area contributed by atoms with Crippen LogP contribution in [0, 0.1) is 0 Å². The predicted octanol–water partition coefficient (Wildman–Crippen LogP) is 1.26. The van der Waals surface area contributed by atoms with E-state index in [4.69, 9.17) is 10.5 Å². The molecule has 0 fully saturated rings. The molecule has 0 unspecified atom stereocenters. The van der Waals surface area contributed by atoms with Gasteiger partial charge in [0, 0.05) is 25.5 Å². The third-order valence-corrected chi connectivity index (χ3v) is 2.66. The monoisotopic (exact) mass is 291 g/mol. The van der Waals surface area contributed by atoms with Gasteiger partial charge in [0.15, 0.2) is 0 Å². The highest BCUT2D eigenvalue weighted by molar-refractivity contribution is 5.34. The standard InChI is InChI=1S/C13H21N7O/c1-10(2)21-9-4-3-6-15-12-17-11(14)18-13(19-12)20-8-5-7-16-20/h5,7-8,10H,3-4,6,9H2,1-2H3,(H3,14,15,17,18,19). The second-order valence-electron chi connectivity index (χ2n) is 4.82. The van der Waals surface area contributed by atoms with E-state index in [1.165, 1.54) is 0 Å². The summed E-state index contributed by atoms with van der Waals surface area (Å²) in [5.41, 5.74) is 5.69. The first-order valence-electron chi connectivity index (χ1n) is 7.02. The van der Waals surface area contributed by atoms with E-state index >= 15 is 0 Å². The normalized spacial score (nSPS) is 11.0. The van der Waals surface area contributed by atoms with Gasteiger partial charge in [-0.25, -0.2) is 4.68 Å². The van der Waals surface area contributed by atoms with Crippen LogP contribution in [-0.4, -0.2) is 44.0 Å². The summed E-state index contributed by atoms with van der Waals surface area (Å²) in [6.45, 7) is 5.58. The summed E-state index contributed by atoms with van der Waals surface area (Å²) >= 11 is 0. The van der Waals surface area contributed by atoms with Crippen molar-refractivity contribution in [3.05, 3.63) is 18.5 Å². The molecule has 0 aromatic carbocycles. The minimum absolute atomic E-state index is 0.168. The van der Waals surface area contributed by atoms with E-state index in [2.05, 4.69) is 25.4 Å². The Morgan fingerprint density at radius 1 is 1.29 bits per heavy atom. The van der Waals surface area contributed by atoms with E-state index in [-0.39, 0.29) is 12.1 Å². The van der Waals surface area contributed by atoms with Crippen LogP contribution < -0.4 is 11.1 Å². The zero-order valence-electron chi connectivity index (χ0n) is 12.4. The lowest BCUT2D eigenvalue weighted by Crippen LogP contribution is -2.13. The largest absolute Gasteiger partial charge is 0.379 e. The van der Waals surface area contributed by atoms with Gasteiger partial charge in [-0.3, -0.25) is 0 Å². The fourth-order valence-corrected chi connectivity index (χ4v) is 1.70. The van der Waals surface area contributed by atoms with Crippen molar-refractivity contribution in [1.82, 2.24) is 24.7 Å². The fraction of sp³-hybridized carbons (Fsp3) is 0.538. The molecule has 0 bridgehead atoms. The van der Waals surface area contributed by atoms with E-state index in [0.29, 0.717) is 11.9 Å². The number of anilines is 2. The van der Waals surface area contributed by atoms with Crippen molar-refractivity contribution in [1.29, 1.82) is 0 Å². The minimum Gasteiger partial charge on any atom is -0.379 e. The zero-order valence-corrected chi connectivity index (χ0v) is 12.4. The molecule has 0 aliphatic heterocycles. The van der Waals surface area contributed by atoms with Crippen LogP contribution in [0.4, 0.5) is 11.9 Å². The zero-order chi connectivity index (χ0) is 15.1. The summed E-state index contributed by atoms with van der Waals surface area (Å²) < 4.78 is 7.02. The number of hydrogen-bond donors (Lipinski definition) is 2. The van der Waals surface area contributed by atoms with Crippen LogP contribution in [0.1, 0.15) is 26.7 Å². The molecule has 3 N–H and O–H groups in total. The summed E-state index contributed by atoms with van der Waals surface area (Å²) in [5.74, 6) is 1.03. The summed E-state index contributed by atoms with van der Waals surface area (Å²) in [5, 5.41) is 7.21. The summed E-state index contributed by atoms with van der Waals surface area (Å²) in [6, 6.07) is 1.79. The van der Waals surface area contributed by atoms with E-state index in [9.17, 15) is 0 Å². The molecule has 0 radical (unpaired) electrons. The van der Waals surface area contributed by atoms with Gasteiger partial charge in [0.25, 0.3) is 5.95 Å². The molecule has 2 rings (SSSR count). The highest BCUT2D eigenvalue weighted by Crippen LogP contribution is 2.06. The predicted molar refractivity (Wildman–Crippen MR) is 80.2 cm³/mol. The Morgan fingerprint density at radius 2 is 2.14 bits per heavy atom. The van der Waals surface area contributed by atoms with Crippen LogP contribution >= 0.6 is 0 Å². The lowest BCUT2D eigenvalue weighted by Gasteiger charge is -2.08. The molecule has 0 saturated carbocycles. The van der Waals surface area contributed by atoms with Gasteiger partial charge in [-0.1, -0.05) is 0 Å². The molecular formula is C13H21N7O. The highest BCUT2D eigenvalue weighted by atomic mass is 16.5. The van der Waals surface area contributed by atoms with Gasteiger partial charge in [0.05, 0.1) is 6.10 Å². The third-order valence-electron chi connectivity index (χ3n) is 2.66. The minimum atomic E-state index is 0.168. The molecular weight excluding hydrogens is 270 g/mol. The molecule has 8 heteroatoms. The quantitative estimate of drug-likeness (QED) is 0.705. The van der Waals surface area contributed by atoms with Gasteiger partial charge >= 0.3 is 0 Å². The van der Waals surface area contributed by atoms with Gasteiger partial charge < -0.3 is 15.8 Å². The molecule has 0 spiro atoms. The Balaban J connectivity index is 1.83. The lowest BCUT2D eigenvalue weighted by molar-refractivity contribution is 0.0765. The molecule has 2 heterocycles. The average Bonchev–Trinajstić information content (AvgIpc) is 2.96. The SMILES string of the molecule is CC(C)OCCCCNc1nc(N)nc(-n2cccn2)n1. The molecule has 0 atom stereocenters. The van der Waals surface area contributed by atoms with E-state index in [1.54, 1.807) is 23.1 Å². The van der Waals surface area contributed by atoms with Gasteiger partial charge in [0.1, 0.15) is 0 Å². The summed E-state index contributed by atoms with van der Waals surface area (Å²) in [4.78, 5) is 12.4. The van der Waals surface area contributed by atoms with Crippen molar-refractivity contribution < 1.29 is 4.74 Å². The van der Waals surface area contributed by atoms with Gasteiger partial charge in [-0.15, -0.1) is 0 Å². The molecule has 0 amide bonds. The molecule has 0 aliphatic rings. The van der Waals surface area contributed by atoms with Crippen molar-refractivity contribution in [3.63, 3.8) is 0 Å². The fourth-order valence-electron chi connectivity index (χ4n) is 1.70. The van der Waals surface area contributed by atoms with Gasteiger partial charge in [0.2, 0.25) is 11.9 Å². The van der Waals surface area contributed by atoms with E-state index in [0.717, 1.165) is 26.0 Å². The van der Waals surface area contributed by atoms with E-state index < -0.39 is 0 Å². The molecule has 2 aromatic rings. The van der Waals surface area contributed by atoms with Crippen molar-refractivity contribution >= 4 is 11.9 Å². The number of aromatic nitrogens is 5. The Labute approximate surface area is 123 Å². The first kappa shape index (κ1) is 15.2. The Hall–Kier alpha value is -2.22. The second kappa shape index (κ2) is 7.53. The number of nitrogens with zero attached hydrogens (tertiary/aromatic N) is 5. The van der Waals surface area contributed by atoms with Crippen LogP contribution in [0.15, 0.2) is 18.5 Å². The summed E-state index contributed by atoms with van der Waals surface area (Å²) in [6.07, 6.45) is 5.63. The van der Waals surface area contributed by atoms with Crippen LogP contribution in [0.3, 0.4) is 0 Å². The Morgan fingerprint density at radius 3 is 2.86 bits per heavy atom. The average molecular weight is 291 g/mol. The molecule has 21 heavy (non-hydrogen) atoms. The number of nitrogens with two attached hydrogens (primary N) is 1. The molecule has 2 aromatic heterocycles. The third kappa shape index (κ3) is 4.99. The Bertz CT molecular complexity index is 541. The van der Waals surface area contributed by atoms with E-state index in [1.807, 2.05) is 13.8 Å². The van der Waals surface area contributed by atoms with Crippen LogP contribution in [-0.2, 0) is 4.74 Å². The second-order valence-corrected chi connectivity index (χ2v) is 4.82. The van der Waals surface area contributed by atoms with Crippen molar-refractivity contribution in [2.24, 2.45) is 0 Å². The number of nitrogens with one attached hydrogen (secondary N) is 1. The molecule has 114 valence electrons. The number of nitrogen functional groups attached to an aromatic ring is 1. The summed E-state index contributed by atoms with van der Waals surface area (Å²) in [7, 11) is 0. The highest BCUT2D eigenvalue weighted by Gasteiger charge is 2.06. The van der Waals surface area contributed by atoms with Gasteiger partial charge in [-0.2, -0.15) is 20.1 Å². The number of unbranched alkanes of at least 4 members (excludes halogenated alkanes) is 1. The number of hydrogen-bond acceptors (Lipinski definition) is 7. The maximum Gasteiger partial charge on any atom is 0.257 e. The Kier molecular flexibility index (Phi) is 5.44. The number of ether oxygens (including phenoxy) is 1.